The number of rotatable bonds is 2. The van der Waals surface area contributed by atoms with Gasteiger partial charge in [0.05, 0.1) is 5.56 Å². The van der Waals surface area contributed by atoms with Crippen LogP contribution in [0.1, 0.15) is 5.56 Å². The normalized spacial score (nSPS) is 10.9. The van der Waals surface area contributed by atoms with Crippen LogP contribution in [0, 0.1) is 18.1 Å². The highest BCUT2D eigenvalue weighted by Crippen LogP contribution is 2.28. The molecule has 1 aromatic carbocycles. The van der Waals surface area contributed by atoms with Gasteiger partial charge < -0.3 is 0 Å². The standard InChI is InChI=1S/C8H5F4S/c1-13-5-3-2-4(8(11)12)6(9)7(5)10/h2-3H,1H3. The molecule has 1 radical (unpaired) electrons. The third-order valence-corrected chi connectivity index (χ3v) is 2.23. The van der Waals surface area contributed by atoms with Crippen molar-refractivity contribution in [2.45, 2.75) is 4.90 Å². The van der Waals surface area contributed by atoms with Crippen molar-refractivity contribution in [3.63, 3.8) is 0 Å². The van der Waals surface area contributed by atoms with Crippen LogP contribution in [0.15, 0.2) is 17.0 Å². The molecule has 0 N–H and O–H groups in total. The Bertz CT molecular complexity index is 311. The fourth-order valence-corrected chi connectivity index (χ4v) is 1.31. The monoisotopic (exact) mass is 209 g/mol. The van der Waals surface area contributed by atoms with Gasteiger partial charge in [0.2, 0.25) is 0 Å². The summed E-state index contributed by atoms with van der Waals surface area (Å²) in [5.74, 6) is -2.72. The van der Waals surface area contributed by atoms with Gasteiger partial charge in [-0.25, -0.2) is 8.78 Å². The highest BCUT2D eigenvalue weighted by atomic mass is 32.2. The van der Waals surface area contributed by atoms with Crippen LogP contribution in [0.3, 0.4) is 0 Å². The van der Waals surface area contributed by atoms with E-state index in [0.29, 0.717) is 0 Å². The molecule has 71 valence electrons. The number of benzene rings is 1. The van der Waals surface area contributed by atoms with E-state index < -0.39 is 23.6 Å². The maximum absolute atomic E-state index is 12.9. The minimum Gasteiger partial charge on any atom is -0.203 e. The Kier molecular flexibility index (Phi) is 3.19. The van der Waals surface area contributed by atoms with Gasteiger partial charge in [-0.1, -0.05) is 0 Å². The van der Waals surface area contributed by atoms with Crippen molar-refractivity contribution in [1.82, 2.24) is 0 Å². The average molecular weight is 209 g/mol. The van der Waals surface area contributed by atoms with E-state index >= 15 is 0 Å². The van der Waals surface area contributed by atoms with E-state index in [9.17, 15) is 17.6 Å². The van der Waals surface area contributed by atoms with Gasteiger partial charge in [0.25, 0.3) is 0 Å². The van der Waals surface area contributed by atoms with E-state index in [4.69, 9.17) is 0 Å². The number of hydrogen-bond donors (Lipinski definition) is 0. The van der Waals surface area contributed by atoms with Crippen LogP contribution in [-0.2, 0) is 0 Å². The number of halogens is 4. The first-order valence-corrected chi connectivity index (χ1v) is 4.50. The molecular weight excluding hydrogens is 204 g/mol. The fourth-order valence-electron chi connectivity index (χ4n) is 0.835. The van der Waals surface area contributed by atoms with Crippen LogP contribution in [0.25, 0.3) is 0 Å². The second-order valence-electron chi connectivity index (χ2n) is 2.20. The van der Waals surface area contributed by atoms with Gasteiger partial charge in [-0.3, -0.25) is 0 Å². The molecule has 0 aliphatic carbocycles. The van der Waals surface area contributed by atoms with E-state index in [-0.39, 0.29) is 4.90 Å². The zero-order valence-electron chi connectivity index (χ0n) is 6.57. The van der Waals surface area contributed by atoms with Crippen LogP contribution in [0.4, 0.5) is 17.6 Å². The van der Waals surface area contributed by atoms with E-state index in [1.807, 2.05) is 0 Å². The first kappa shape index (κ1) is 10.4. The molecule has 0 heterocycles. The Morgan fingerprint density at radius 1 is 1.15 bits per heavy atom. The molecular formula is C8H5F4S. The zero-order valence-corrected chi connectivity index (χ0v) is 7.39. The van der Waals surface area contributed by atoms with Crippen molar-refractivity contribution < 1.29 is 17.6 Å². The molecule has 0 spiro atoms. The molecule has 0 bridgehead atoms. The van der Waals surface area contributed by atoms with Crippen molar-refractivity contribution >= 4 is 11.8 Å². The summed E-state index contributed by atoms with van der Waals surface area (Å²) in [6.45, 7) is 0. The van der Waals surface area contributed by atoms with Crippen molar-refractivity contribution in [2.75, 3.05) is 6.26 Å². The van der Waals surface area contributed by atoms with Crippen molar-refractivity contribution in [1.29, 1.82) is 0 Å². The molecule has 0 aliphatic heterocycles. The van der Waals surface area contributed by atoms with Crippen molar-refractivity contribution in [3.8, 4) is 0 Å². The van der Waals surface area contributed by atoms with Gasteiger partial charge >= 0.3 is 6.43 Å². The van der Waals surface area contributed by atoms with Crippen LogP contribution in [-0.4, -0.2) is 6.26 Å². The minimum atomic E-state index is -2.22. The first-order chi connectivity index (χ1) is 6.07. The van der Waals surface area contributed by atoms with E-state index in [2.05, 4.69) is 0 Å². The lowest BCUT2D eigenvalue weighted by atomic mass is 10.2. The highest BCUT2D eigenvalue weighted by molar-refractivity contribution is 7.98. The van der Waals surface area contributed by atoms with E-state index in [1.165, 1.54) is 6.26 Å². The topological polar surface area (TPSA) is 0 Å². The van der Waals surface area contributed by atoms with Crippen LogP contribution >= 0.6 is 11.8 Å². The summed E-state index contributed by atoms with van der Waals surface area (Å²) in [6, 6.07) is 1.98. The molecule has 1 rings (SSSR count). The molecule has 0 saturated carbocycles. The van der Waals surface area contributed by atoms with Gasteiger partial charge in [-0.05, 0) is 18.4 Å². The lowest BCUT2D eigenvalue weighted by Crippen LogP contribution is -1.96. The molecule has 0 aromatic heterocycles. The van der Waals surface area contributed by atoms with Crippen molar-refractivity contribution in [3.05, 3.63) is 35.8 Å². The molecule has 13 heavy (non-hydrogen) atoms. The Morgan fingerprint density at radius 3 is 2.23 bits per heavy atom. The first-order valence-electron chi connectivity index (χ1n) is 3.28. The molecule has 0 amide bonds. The smallest absolute Gasteiger partial charge is 0.203 e. The Morgan fingerprint density at radius 2 is 1.77 bits per heavy atom. The molecule has 1 aromatic rings. The van der Waals surface area contributed by atoms with E-state index in [0.717, 1.165) is 23.9 Å². The third-order valence-electron chi connectivity index (χ3n) is 1.47. The SMILES string of the molecule is CSc1ccc([C](F)F)c(F)c1F. The van der Waals surface area contributed by atoms with Gasteiger partial charge in [0.1, 0.15) is 0 Å². The van der Waals surface area contributed by atoms with Gasteiger partial charge in [-0.2, -0.15) is 8.78 Å². The summed E-state index contributed by atoms with van der Waals surface area (Å²) in [5, 5.41) is 0. The predicted octanol–water partition coefficient (Wildman–Crippen LogP) is 3.46. The molecule has 0 saturated heterocycles. The highest BCUT2D eigenvalue weighted by Gasteiger charge is 2.20. The number of hydrogen-bond acceptors (Lipinski definition) is 1. The Hall–Kier alpha value is -0.710. The van der Waals surface area contributed by atoms with Crippen LogP contribution in [0.5, 0.6) is 0 Å². The lowest BCUT2D eigenvalue weighted by Gasteiger charge is -2.04. The lowest BCUT2D eigenvalue weighted by molar-refractivity contribution is 0.313. The van der Waals surface area contributed by atoms with Gasteiger partial charge in [0.15, 0.2) is 11.6 Å². The third kappa shape index (κ3) is 1.96. The van der Waals surface area contributed by atoms with Crippen LogP contribution in [0.2, 0.25) is 0 Å². The summed E-state index contributed by atoms with van der Waals surface area (Å²) in [5.41, 5.74) is -0.977. The average Bonchev–Trinajstić information content (AvgIpc) is 2.09. The predicted molar refractivity (Wildman–Crippen MR) is 42.7 cm³/mol. The summed E-state index contributed by atoms with van der Waals surface area (Å²) < 4.78 is 49.6. The summed E-state index contributed by atoms with van der Waals surface area (Å²) >= 11 is 0.961. The molecule has 0 aliphatic rings. The Labute approximate surface area is 76.9 Å². The van der Waals surface area contributed by atoms with E-state index in [1.54, 1.807) is 0 Å². The second kappa shape index (κ2) is 4.00. The molecule has 0 nitrogen and oxygen atoms in total. The minimum absolute atomic E-state index is 0.0162. The molecule has 0 atom stereocenters. The van der Waals surface area contributed by atoms with Gasteiger partial charge in [0, 0.05) is 4.90 Å². The maximum atomic E-state index is 12.9. The fraction of sp³-hybridized carbons (Fsp3) is 0.125. The van der Waals surface area contributed by atoms with Crippen LogP contribution < -0.4 is 0 Å². The quantitative estimate of drug-likeness (QED) is 0.531. The summed E-state index contributed by atoms with van der Waals surface area (Å²) in [4.78, 5) is 0.0162. The van der Waals surface area contributed by atoms with Gasteiger partial charge in [-0.15, -0.1) is 11.8 Å². The number of thioether (sulfide) groups is 1. The molecule has 5 heteroatoms. The largest absolute Gasteiger partial charge is 0.342 e. The molecule has 0 fully saturated rings. The van der Waals surface area contributed by atoms with Crippen molar-refractivity contribution in [2.24, 2.45) is 0 Å². The molecule has 0 unspecified atom stereocenters. The summed E-state index contributed by atoms with van der Waals surface area (Å²) in [6.07, 6.45) is -0.684. The second-order valence-corrected chi connectivity index (χ2v) is 3.05. The Balaban J connectivity index is 3.23. The maximum Gasteiger partial charge on any atom is 0.342 e. The zero-order chi connectivity index (χ0) is 10.0. The summed E-state index contributed by atoms with van der Waals surface area (Å²) in [7, 11) is 0.